The van der Waals surface area contributed by atoms with Gasteiger partial charge in [-0.15, -0.1) is 0 Å². The lowest BCUT2D eigenvalue weighted by Gasteiger charge is -2.40. The number of nitrogens with zero attached hydrogens (tertiary/aromatic N) is 2. The third-order valence-electron chi connectivity index (χ3n) is 3.87. The minimum Gasteiger partial charge on any atom is -0.481 e. The van der Waals surface area contributed by atoms with E-state index in [1.165, 1.54) is 19.0 Å². The van der Waals surface area contributed by atoms with Crippen LogP contribution in [0.25, 0.3) is 0 Å². The Labute approximate surface area is 119 Å². The number of carboxylic acids is 1. The van der Waals surface area contributed by atoms with Crippen molar-refractivity contribution < 1.29 is 23.1 Å². The second-order valence-electron chi connectivity index (χ2n) is 5.47. The van der Waals surface area contributed by atoms with Crippen molar-refractivity contribution in [3.8, 4) is 0 Å². The average Bonchev–Trinajstić information content (AvgIpc) is 2.26. The molecule has 0 aliphatic carbocycles. The van der Waals surface area contributed by atoms with Crippen LogP contribution in [0.5, 0.6) is 0 Å². The lowest BCUT2D eigenvalue weighted by molar-refractivity contribution is -0.154. The number of hydrogen-bond donors (Lipinski definition) is 1. The summed E-state index contributed by atoms with van der Waals surface area (Å²) in [4.78, 5) is 24.6. The maximum absolute atomic E-state index is 12.0. The molecule has 0 radical (unpaired) electrons. The summed E-state index contributed by atoms with van der Waals surface area (Å²) >= 11 is 0. The maximum atomic E-state index is 12.0. The van der Waals surface area contributed by atoms with E-state index in [2.05, 4.69) is 0 Å². The topological polar surface area (TPSA) is 95.0 Å². The quantitative estimate of drug-likeness (QED) is 0.761. The third-order valence-corrected chi connectivity index (χ3v) is 5.68. The second kappa shape index (κ2) is 6.09. The van der Waals surface area contributed by atoms with Crippen LogP contribution in [-0.4, -0.2) is 67.0 Å². The van der Waals surface area contributed by atoms with Gasteiger partial charge in [0.2, 0.25) is 15.9 Å². The highest BCUT2D eigenvalue weighted by Crippen LogP contribution is 2.29. The highest BCUT2D eigenvalue weighted by atomic mass is 32.2. The molecule has 1 fully saturated rings. The number of sulfonamides is 1. The Hall–Kier alpha value is -1.15. The molecule has 1 heterocycles. The Balaban J connectivity index is 2.83. The van der Waals surface area contributed by atoms with E-state index >= 15 is 0 Å². The van der Waals surface area contributed by atoms with E-state index in [4.69, 9.17) is 0 Å². The smallest absolute Gasteiger partial charge is 0.308 e. The van der Waals surface area contributed by atoms with Crippen LogP contribution in [-0.2, 0) is 19.6 Å². The van der Waals surface area contributed by atoms with Gasteiger partial charge >= 0.3 is 5.97 Å². The van der Waals surface area contributed by atoms with E-state index in [9.17, 15) is 23.1 Å². The minimum absolute atomic E-state index is 0.0248. The average molecular weight is 306 g/mol. The molecule has 3 unspecified atom stereocenters. The predicted octanol–water partition coefficient (Wildman–Crippen LogP) is -0.164. The van der Waals surface area contributed by atoms with E-state index in [0.29, 0.717) is 0 Å². The number of aliphatic carboxylic acids is 1. The van der Waals surface area contributed by atoms with Crippen LogP contribution in [0.3, 0.4) is 0 Å². The molecule has 7 nitrogen and oxygen atoms in total. The minimum atomic E-state index is -3.40. The lowest BCUT2D eigenvalue weighted by atomic mass is 9.81. The van der Waals surface area contributed by atoms with Crippen molar-refractivity contribution in [1.29, 1.82) is 0 Å². The molecule has 0 aromatic rings. The fourth-order valence-electron chi connectivity index (χ4n) is 2.59. The Morgan fingerprint density at radius 2 is 1.95 bits per heavy atom. The predicted molar refractivity (Wildman–Crippen MR) is 73.6 cm³/mol. The van der Waals surface area contributed by atoms with E-state index in [0.717, 1.165) is 4.31 Å². The molecular weight excluding hydrogens is 284 g/mol. The van der Waals surface area contributed by atoms with Gasteiger partial charge in [0.25, 0.3) is 0 Å². The van der Waals surface area contributed by atoms with Crippen LogP contribution in [0.4, 0.5) is 0 Å². The Kier molecular flexibility index (Phi) is 5.15. The molecule has 0 saturated carbocycles. The molecular formula is C12H22N2O5S. The Morgan fingerprint density at radius 3 is 2.40 bits per heavy atom. The number of rotatable bonds is 5. The molecule has 0 spiro atoms. The zero-order valence-electron chi connectivity index (χ0n) is 12.2. The number of carboxylic acid groups (broad SMARTS) is 1. The number of hydrogen-bond acceptors (Lipinski definition) is 4. The van der Waals surface area contributed by atoms with E-state index in [1.54, 1.807) is 13.8 Å². The normalized spacial score (nSPS) is 27.9. The first-order valence-corrected chi connectivity index (χ1v) is 8.11. The van der Waals surface area contributed by atoms with Crippen molar-refractivity contribution in [2.45, 2.75) is 26.3 Å². The fourth-order valence-corrected chi connectivity index (χ4v) is 3.38. The summed E-state index contributed by atoms with van der Waals surface area (Å²) in [6.45, 7) is 3.42. The lowest BCUT2D eigenvalue weighted by Crippen LogP contribution is -2.54. The van der Waals surface area contributed by atoms with Crippen LogP contribution in [0, 0.1) is 11.8 Å². The molecule has 116 valence electrons. The maximum Gasteiger partial charge on any atom is 0.308 e. The fraction of sp³-hybridized carbons (Fsp3) is 0.833. The van der Waals surface area contributed by atoms with Gasteiger partial charge in [-0.05, 0) is 12.8 Å². The summed E-state index contributed by atoms with van der Waals surface area (Å²) in [6.07, 6.45) is 0.142. The number of carbonyl (C=O) groups is 2. The zero-order valence-corrected chi connectivity index (χ0v) is 13.1. The van der Waals surface area contributed by atoms with Gasteiger partial charge in [-0.3, -0.25) is 9.59 Å². The van der Waals surface area contributed by atoms with Gasteiger partial charge in [0.05, 0.1) is 11.7 Å². The van der Waals surface area contributed by atoms with Crippen molar-refractivity contribution in [2.75, 3.05) is 26.4 Å². The summed E-state index contributed by atoms with van der Waals surface area (Å²) < 4.78 is 24.6. The van der Waals surface area contributed by atoms with Crippen LogP contribution in [0.15, 0.2) is 0 Å². The molecule has 1 aliphatic rings. The number of carbonyl (C=O) groups excluding carboxylic acids is 1. The number of amides is 1. The Morgan fingerprint density at radius 1 is 1.40 bits per heavy atom. The van der Waals surface area contributed by atoms with Gasteiger partial charge in [-0.1, -0.05) is 6.92 Å². The summed E-state index contributed by atoms with van der Waals surface area (Å²) in [5, 5.41) is 9.23. The molecule has 0 aromatic carbocycles. The van der Waals surface area contributed by atoms with Crippen LogP contribution in [0.2, 0.25) is 0 Å². The van der Waals surface area contributed by atoms with Gasteiger partial charge in [-0.25, -0.2) is 12.7 Å². The summed E-state index contributed by atoms with van der Waals surface area (Å²) in [5.74, 6) is -2.22. The zero-order chi connectivity index (χ0) is 15.7. The first-order valence-electron chi connectivity index (χ1n) is 6.50. The molecule has 1 rings (SSSR count). The molecule has 3 atom stereocenters. The molecule has 0 bridgehead atoms. The highest BCUT2D eigenvalue weighted by molar-refractivity contribution is 7.89. The first kappa shape index (κ1) is 16.9. The SMILES string of the molecule is CC1CC(=O)N(CCS(=O)(=O)N(C)C)C(C)C1C(=O)O. The van der Waals surface area contributed by atoms with Crippen molar-refractivity contribution in [2.24, 2.45) is 11.8 Å². The van der Waals surface area contributed by atoms with Gasteiger partial charge in [0.1, 0.15) is 0 Å². The van der Waals surface area contributed by atoms with Crippen LogP contribution >= 0.6 is 0 Å². The van der Waals surface area contributed by atoms with E-state index in [-0.39, 0.29) is 30.5 Å². The molecule has 8 heteroatoms. The van der Waals surface area contributed by atoms with Crippen molar-refractivity contribution >= 4 is 21.9 Å². The first-order chi connectivity index (χ1) is 9.08. The molecule has 20 heavy (non-hydrogen) atoms. The standard InChI is InChI=1S/C12H22N2O5S/c1-8-7-10(15)14(9(2)11(8)12(16)17)5-6-20(18,19)13(3)4/h8-9,11H,5-7H2,1-4H3,(H,16,17). The van der Waals surface area contributed by atoms with E-state index < -0.39 is 28.0 Å². The van der Waals surface area contributed by atoms with Crippen molar-refractivity contribution in [3.63, 3.8) is 0 Å². The molecule has 1 saturated heterocycles. The van der Waals surface area contributed by atoms with Crippen LogP contribution < -0.4 is 0 Å². The number of likely N-dealkylation sites (tertiary alicyclic amines) is 1. The van der Waals surface area contributed by atoms with Gasteiger partial charge in [0, 0.05) is 33.1 Å². The highest BCUT2D eigenvalue weighted by Gasteiger charge is 2.41. The summed E-state index contributed by atoms with van der Waals surface area (Å²) in [7, 11) is -0.545. The summed E-state index contributed by atoms with van der Waals surface area (Å²) in [5.41, 5.74) is 0. The van der Waals surface area contributed by atoms with Crippen molar-refractivity contribution in [1.82, 2.24) is 9.21 Å². The number of piperidine rings is 1. The Bertz CT molecular complexity index is 488. The van der Waals surface area contributed by atoms with Gasteiger partial charge in [-0.2, -0.15) is 0 Å². The van der Waals surface area contributed by atoms with Crippen LogP contribution in [0.1, 0.15) is 20.3 Å². The third kappa shape index (κ3) is 3.49. The van der Waals surface area contributed by atoms with Gasteiger partial charge in [0.15, 0.2) is 0 Å². The van der Waals surface area contributed by atoms with E-state index in [1.807, 2.05) is 0 Å². The van der Waals surface area contributed by atoms with Crippen molar-refractivity contribution in [3.05, 3.63) is 0 Å². The molecule has 1 aliphatic heterocycles. The second-order valence-corrected chi connectivity index (χ2v) is 7.77. The molecule has 1 N–H and O–H groups in total. The summed E-state index contributed by atoms with van der Waals surface area (Å²) in [6, 6.07) is -0.499. The molecule has 1 amide bonds. The molecule has 0 aromatic heterocycles. The largest absolute Gasteiger partial charge is 0.481 e. The van der Waals surface area contributed by atoms with Gasteiger partial charge < -0.3 is 10.0 Å². The monoisotopic (exact) mass is 306 g/mol.